The molecule has 1 unspecified atom stereocenters. The molecule has 0 aromatic heterocycles. The van der Waals surface area contributed by atoms with Crippen molar-refractivity contribution in [3.8, 4) is 0 Å². The first-order chi connectivity index (χ1) is 10.1. The summed E-state index contributed by atoms with van der Waals surface area (Å²) in [5, 5.41) is 4.48. The average Bonchev–Trinajstić information content (AvgIpc) is 2.48. The highest BCUT2D eigenvalue weighted by Crippen LogP contribution is 2.30. The molecule has 6 heteroatoms. The van der Waals surface area contributed by atoms with E-state index < -0.39 is 0 Å². The predicted octanol–water partition coefficient (Wildman–Crippen LogP) is 3.54. The van der Waals surface area contributed by atoms with E-state index in [1.54, 1.807) is 12.1 Å². The predicted molar refractivity (Wildman–Crippen MR) is 90.4 cm³/mol. The van der Waals surface area contributed by atoms with Crippen LogP contribution in [0.4, 0.5) is 0 Å². The van der Waals surface area contributed by atoms with Gasteiger partial charge in [-0.25, -0.2) is 0 Å². The number of carbonyl (C=O) groups is 1. The van der Waals surface area contributed by atoms with Gasteiger partial charge in [-0.15, -0.1) is 11.8 Å². The van der Waals surface area contributed by atoms with Gasteiger partial charge in [-0.05, 0) is 50.6 Å². The number of carbonyl (C=O) groups excluding carboxylic acids is 1. The Labute approximate surface area is 140 Å². The minimum Gasteiger partial charge on any atom is -0.342 e. The lowest BCUT2D eigenvalue weighted by Crippen LogP contribution is -2.43. The summed E-state index contributed by atoms with van der Waals surface area (Å²) < 4.78 is 0. The summed E-state index contributed by atoms with van der Waals surface area (Å²) in [6.07, 6.45) is 2.28. The van der Waals surface area contributed by atoms with E-state index >= 15 is 0 Å². The van der Waals surface area contributed by atoms with Crippen LogP contribution >= 0.6 is 35.0 Å². The van der Waals surface area contributed by atoms with E-state index in [4.69, 9.17) is 23.2 Å². The molecular formula is C15H20Cl2N2OS. The Morgan fingerprint density at radius 2 is 2.29 bits per heavy atom. The Morgan fingerprint density at radius 1 is 1.48 bits per heavy atom. The zero-order chi connectivity index (χ0) is 15.2. The number of piperidine rings is 1. The lowest BCUT2D eigenvalue weighted by atomic mass is 9.98. The summed E-state index contributed by atoms with van der Waals surface area (Å²) in [6.45, 7) is 2.68. The van der Waals surface area contributed by atoms with Crippen LogP contribution < -0.4 is 5.32 Å². The number of likely N-dealkylation sites (tertiary alicyclic amines) is 1. The molecular weight excluding hydrogens is 327 g/mol. The summed E-state index contributed by atoms with van der Waals surface area (Å²) in [6, 6.07) is 5.32. The van der Waals surface area contributed by atoms with Crippen LogP contribution in [0.5, 0.6) is 0 Å². The maximum absolute atomic E-state index is 12.3. The number of benzene rings is 1. The van der Waals surface area contributed by atoms with Crippen LogP contribution in [0.15, 0.2) is 23.1 Å². The van der Waals surface area contributed by atoms with Crippen molar-refractivity contribution >= 4 is 40.9 Å². The van der Waals surface area contributed by atoms with Gasteiger partial charge in [-0.3, -0.25) is 4.79 Å². The molecule has 0 bridgehead atoms. The molecule has 0 spiro atoms. The fourth-order valence-electron chi connectivity index (χ4n) is 2.57. The molecule has 0 aliphatic carbocycles. The maximum Gasteiger partial charge on any atom is 0.232 e. The number of hydrogen-bond acceptors (Lipinski definition) is 3. The molecule has 2 rings (SSSR count). The first-order valence-electron chi connectivity index (χ1n) is 7.10. The van der Waals surface area contributed by atoms with Gasteiger partial charge in [0.2, 0.25) is 5.91 Å². The lowest BCUT2D eigenvalue weighted by molar-refractivity contribution is -0.130. The normalized spacial score (nSPS) is 18.8. The first-order valence-corrected chi connectivity index (χ1v) is 8.84. The molecule has 1 aliphatic rings. The van der Waals surface area contributed by atoms with E-state index in [0.717, 1.165) is 31.0 Å². The first kappa shape index (κ1) is 16.9. The van der Waals surface area contributed by atoms with E-state index in [2.05, 4.69) is 5.32 Å². The Bertz CT molecular complexity index is 497. The summed E-state index contributed by atoms with van der Waals surface area (Å²) in [7, 11) is 1.96. The SMILES string of the molecule is CNCC1CCCN(C(=O)CSc2cc(Cl)ccc2Cl)C1. The summed E-state index contributed by atoms with van der Waals surface area (Å²) in [5.41, 5.74) is 0. The lowest BCUT2D eigenvalue weighted by Gasteiger charge is -2.32. The van der Waals surface area contributed by atoms with Gasteiger partial charge in [0.05, 0.1) is 10.8 Å². The third-order valence-electron chi connectivity index (χ3n) is 3.61. The Hall–Kier alpha value is -0.420. The highest BCUT2D eigenvalue weighted by Gasteiger charge is 2.23. The zero-order valence-corrected chi connectivity index (χ0v) is 14.4. The molecule has 21 heavy (non-hydrogen) atoms. The maximum atomic E-state index is 12.3. The van der Waals surface area contributed by atoms with Gasteiger partial charge in [-0.2, -0.15) is 0 Å². The van der Waals surface area contributed by atoms with Crippen LogP contribution in [0, 0.1) is 5.92 Å². The molecule has 1 aliphatic heterocycles. The van der Waals surface area contributed by atoms with Crippen LogP contribution in [0.25, 0.3) is 0 Å². The summed E-state index contributed by atoms with van der Waals surface area (Å²) >= 11 is 13.5. The molecule has 1 aromatic carbocycles. The number of hydrogen-bond donors (Lipinski definition) is 1. The highest BCUT2D eigenvalue weighted by molar-refractivity contribution is 8.00. The molecule has 1 N–H and O–H groups in total. The minimum atomic E-state index is 0.178. The number of rotatable bonds is 5. The molecule has 116 valence electrons. The molecule has 1 amide bonds. The third-order valence-corrected chi connectivity index (χ3v) is 5.33. The molecule has 3 nitrogen and oxygen atoms in total. The second kappa shape index (κ2) is 8.28. The monoisotopic (exact) mass is 346 g/mol. The topological polar surface area (TPSA) is 32.3 Å². The van der Waals surface area contributed by atoms with Crippen LogP contribution in [-0.2, 0) is 4.79 Å². The van der Waals surface area contributed by atoms with E-state index in [0.29, 0.717) is 21.7 Å². The number of thioether (sulfide) groups is 1. The number of nitrogens with one attached hydrogen (secondary N) is 1. The van der Waals surface area contributed by atoms with Crippen molar-refractivity contribution in [3.05, 3.63) is 28.2 Å². The van der Waals surface area contributed by atoms with Crippen molar-refractivity contribution in [1.82, 2.24) is 10.2 Å². The van der Waals surface area contributed by atoms with Crippen molar-refractivity contribution in [2.45, 2.75) is 17.7 Å². The van der Waals surface area contributed by atoms with Crippen molar-refractivity contribution in [1.29, 1.82) is 0 Å². The van der Waals surface area contributed by atoms with E-state index in [1.807, 2.05) is 18.0 Å². The van der Waals surface area contributed by atoms with Gasteiger partial charge in [0, 0.05) is 23.0 Å². The van der Waals surface area contributed by atoms with Crippen LogP contribution in [0.1, 0.15) is 12.8 Å². The number of amides is 1. The molecule has 1 aromatic rings. The second-order valence-electron chi connectivity index (χ2n) is 5.27. The standard InChI is InChI=1S/C15H20Cl2N2OS/c1-18-8-11-3-2-6-19(9-11)15(20)10-21-14-7-12(16)4-5-13(14)17/h4-5,7,11,18H,2-3,6,8-10H2,1H3. The minimum absolute atomic E-state index is 0.178. The van der Waals surface area contributed by atoms with Gasteiger partial charge in [0.1, 0.15) is 0 Å². The Balaban J connectivity index is 1.88. The van der Waals surface area contributed by atoms with Crippen LogP contribution in [0.2, 0.25) is 10.0 Å². The van der Waals surface area contributed by atoms with Crippen molar-refractivity contribution in [2.24, 2.45) is 5.92 Å². The van der Waals surface area contributed by atoms with E-state index in [9.17, 15) is 4.79 Å². The van der Waals surface area contributed by atoms with E-state index in [-0.39, 0.29) is 5.91 Å². The van der Waals surface area contributed by atoms with Crippen molar-refractivity contribution in [3.63, 3.8) is 0 Å². The van der Waals surface area contributed by atoms with Crippen LogP contribution in [0.3, 0.4) is 0 Å². The van der Waals surface area contributed by atoms with Gasteiger partial charge >= 0.3 is 0 Å². The van der Waals surface area contributed by atoms with Gasteiger partial charge in [0.25, 0.3) is 0 Å². The van der Waals surface area contributed by atoms with Crippen molar-refractivity contribution < 1.29 is 4.79 Å². The Morgan fingerprint density at radius 3 is 3.05 bits per heavy atom. The average molecular weight is 347 g/mol. The van der Waals surface area contributed by atoms with Gasteiger partial charge in [-0.1, -0.05) is 23.2 Å². The molecule has 1 saturated heterocycles. The smallest absolute Gasteiger partial charge is 0.232 e. The van der Waals surface area contributed by atoms with Crippen LogP contribution in [-0.4, -0.2) is 43.2 Å². The van der Waals surface area contributed by atoms with E-state index in [1.165, 1.54) is 18.2 Å². The quantitative estimate of drug-likeness (QED) is 0.827. The fourth-order valence-corrected chi connectivity index (χ4v) is 3.96. The second-order valence-corrected chi connectivity index (χ2v) is 7.13. The highest BCUT2D eigenvalue weighted by atomic mass is 35.5. The largest absolute Gasteiger partial charge is 0.342 e. The number of halogens is 2. The zero-order valence-electron chi connectivity index (χ0n) is 12.1. The van der Waals surface area contributed by atoms with Gasteiger partial charge < -0.3 is 10.2 Å². The molecule has 0 radical (unpaired) electrons. The summed E-state index contributed by atoms with van der Waals surface area (Å²) in [4.78, 5) is 15.2. The molecule has 1 atom stereocenters. The molecule has 1 fully saturated rings. The summed E-state index contributed by atoms with van der Waals surface area (Å²) in [5.74, 6) is 1.15. The Kier molecular flexibility index (Phi) is 6.68. The molecule has 1 heterocycles. The van der Waals surface area contributed by atoms with Crippen molar-refractivity contribution in [2.75, 3.05) is 32.4 Å². The molecule has 0 saturated carbocycles. The van der Waals surface area contributed by atoms with Gasteiger partial charge in [0.15, 0.2) is 0 Å². The number of nitrogens with zero attached hydrogens (tertiary/aromatic N) is 1. The fraction of sp³-hybridized carbons (Fsp3) is 0.533. The third kappa shape index (κ3) is 5.06.